The number of amides is 1. The lowest BCUT2D eigenvalue weighted by atomic mass is 10.2. The molecule has 2 aromatic rings. The number of esters is 1. The molecule has 25 heavy (non-hydrogen) atoms. The molecule has 134 valence electrons. The van der Waals surface area contributed by atoms with E-state index in [1.165, 1.54) is 23.5 Å². The molecule has 0 saturated heterocycles. The van der Waals surface area contributed by atoms with Crippen LogP contribution >= 0.6 is 11.3 Å². The van der Waals surface area contributed by atoms with Gasteiger partial charge in [0.1, 0.15) is 4.88 Å². The molecular weight excluding hydrogens is 344 g/mol. The minimum atomic E-state index is -0.607. The minimum Gasteiger partial charge on any atom is -0.451 e. The highest BCUT2D eigenvalue weighted by Gasteiger charge is 2.22. The molecule has 0 bridgehead atoms. The van der Waals surface area contributed by atoms with Crippen molar-refractivity contribution >= 4 is 39.0 Å². The first kappa shape index (κ1) is 18.9. The van der Waals surface area contributed by atoms with Crippen LogP contribution in [0.2, 0.25) is 0 Å². The number of non-ortho nitro benzene ring substituents is 1. The fraction of sp³-hybridized carbons (Fsp3) is 0.412. The van der Waals surface area contributed by atoms with E-state index in [4.69, 9.17) is 4.74 Å². The number of nitro benzene ring substituents is 1. The summed E-state index contributed by atoms with van der Waals surface area (Å²) < 4.78 is 5.87. The molecule has 0 aliphatic carbocycles. The van der Waals surface area contributed by atoms with Crippen LogP contribution in [0.5, 0.6) is 0 Å². The van der Waals surface area contributed by atoms with Gasteiger partial charge in [0, 0.05) is 34.3 Å². The lowest BCUT2D eigenvalue weighted by Crippen LogP contribution is -2.44. The Morgan fingerprint density at radius 3 is 2.40 bits per heavy atom. The van der Waals surface area contributed by atoms with Gasteiger partial charge in [-0.1, -0.05) is 0 Å². The van der Waals surface area contributed by atoms with Crippen molar-refractivity contribution in [1.82, 2.24) is 4.90 Å². The number of hydrogen-bond donors (Lipinski definition) is 0. The number of benzene rings is 1. The zero-order valence-corrected chi connectivity index (χ0v) is 15.3. The first-order chi connectivity index (χ1) is 11.7. The number of thiophene rings is 1. The van der Waals surface area contributed by atoms with Crippen molar-refractivity contribution < 1.29 is 19.2 Å². The van der Waals surface area contributed by atoms with Crippen LogP contribution in [-0.2, 0) is 9.53 Å². The maximum absolute atomic E-state index is 12.2. The van der Waals surface area contributed by atoms with E-state index in [1.54, 1.807) is 17.0 Å². The van der Waals surface area contributed by atoms with Crippen LogP contribution in [0, 0.1) is 10.1 Å². The van der Waals surface area contributed by atoms with Crippen LogP contribution in [0.25, 0.3) is 10.1 Å². The van der Waals surface area contributed by atoms with Crippen LogP contribution in [0.15, 0.2) is 24.3 Å². The average molecular weight is 364 g/mol. The van der Waals surface area contributed by atoms with Crippen LogP contribution in [0.4, 0.5) is 5.69 Å². The van der Waals surface area contributed by atoms with Gasteiger partial charge in [0.25, 0.3) is 11.6 Å². The number of nitro groups is 1. The van der Waals surface area contributed by atoms with E-state index in [1.807, 2.05) is 27.7 Å². The molecule has 2 rings (SSSR count). The first-order valence-electron chi connectivity index (χ1n) is 7.87. The van der Waals surface area contributed by atoms with E-state index in [2.05, 4.69) is 0 Å². The summed E-state index contributed by atoms with van der Waals surface area (Å²) in [7, 11) is 0. The Bertz CT molecular complexity index is 804. The zero-order chi connectivity index (χ0) is 18.7. The molecule has 1 amide bonds. The number of hydrogen-bond acceptors (Lipinski definition) is 6. The third-order valence-corrected chi connectivity index (χ3v) is 4.74. The number of carbonyl (C=O) groups excluding carboxylic acids is 2. The van der Waals surface area contributed by atoms with E-state index in [0.29, 0.717) is 10.3 Å². The predicted molar refractivity (Wildman–Crippen MR) is 95.9 cm³/mol. The standard InChI is InChI=1S/C17H20N2O5S/c1-10(2)18(11(3)4)16(20)9-24-17(21)15-8-12-7-13(19(22)23)5-6-14(12)25-15/h5-8,10-11H,9H2,1-4H3. The highest BCUT2D eigenvalue weighted by Crippen LogP contribution is 2.29. The Labute approximate surface area is 149 Å². The average Bonchev–Trinajstić information content (AvgIpc) is 2.94. The Morgan fingerprint density at radius 1 is 1.20 bits per heavy atom. The van der Waals surface area contributed by atoms with Gasteiger partial charge in [0.2, 0.25) is 0 Å². The van der Waals surface area contributed by atoms with Crippen LogP contribution < -0.4 is 0 Å². The van der Waals surface area contributed by atoms with Gasteiger partial charge in [-0.3, -0.25) is 14.9 Å². The topological polar surface area (TPSA) is 89.8 Å². The Kier molecular flexibility index (Phi) is 5.73. The molecule has 1 heterocycles. The molecule has 0 aliphatic heterocycles. The van der Waals surface area contributed by atoms with E-state index < -0.39 is 10.9 Å². The second-order valence-electron chi connectivity index (χ2n) is 6.15. The van der Waals surface area contributed by atoms with Crippen molar-refractivity contribution in [1.29, 1.82) is 0 Å². The predicted octanol–water partition coefficient (Wildman–Crippen LogP) is 3.61. The first-order valence-corrected chi connectivity index (χ1v) is 8.68. The SMILES string of the molecule is CC(C)N(C(=O)COC(=O)c1cc2cc([N+](=O)[O-])ccc2s1)C(C)C. The molecule has 0 fully saturated rings. The van der Waals surface area contributed by atoms with E-state index >= 15 is 0 Å². The van der Waals surface area contributed by atoms with E-state index in [-0.39, 0.29) is 30.3 Å². The Hall–Kier alpha value is -2.48. The van der Waals surface area contributed by atoms with Crippen LogP contribution in [0.1, 0.15) is 37.4 Å². The monoisotopic (exact) mass is 364 g/mol. The summed E-state index contributed by atoms with van der Waals surface area (Å²) in [6, 6.07) is 5.96. The van der Waals surface area contributed by atoms with Crippen molar-refractivity contribution in [2.75, 3.05) is 6.61 Å². The minimum absolute atomic E-state index is 0.0103. The third kappa shape index (κ3) is 4.33. The van der Waals surface area contributed by atoms with Gasteiger partial charge in [-0.2, -0.15) is 0 Å². The molecular formula is C17H20N2O5S. The molecule has 1 aromatic carbocycles. The van der Waals surface area contributed by atoms with Crippen molar-refractivity contribution in [3.8, 4) is 0 Å². The molecule has 0 radical (unpaired) electrons. The fourth-order valence-electron chi connectivity index (χ4n) is 2.69. The normalized spacial score (nSPS) is 11.1. The summed E-state index contributed by atoms with van der Waals surface area (Å²) in [5.41, 5.74) is -0.0371. The Balaban J connectivity index is 2.09. The molecule has 0 unspecified atom stereocenters. The molecule has 0 spiro atoms. The lowest BCUT2D eigenvalue weighted by molar-refractivity contribution is -0.384. The van der Waals surface area contributed by atoms with Gasteiger partial charge in [-0.25, -0.2) is 4.79 Å². The quantitative estimate of drug-likeness (QED) is 0.444. The summed E-state index contributed by atoms with van der Waals surface area (Å²) in [5, 5.41) is 11.4. The molecule has 0 atom stereocenters. The highest BCUT2D eigenvalue weighted by molar-refractivity contribution is 7.20. The van der Waals surface area contributed by atoms with Gasteiger partial charge in [-0.15, -0.1) is 11.3 Å². The lowest BCUT2D eigenvalue weighted by Gasteiger charge is -2.30. The highest BCUT2D eigenvalue weighted by atomic mass is 32.1. The van der Waals surface area contributed by atoms with Gasteiger partial charge >= 0.3 is 5.97 Å². The largest absolute Gasteiger partial charge is 0.451 e. The number of nitrogens with zero attached hydrogens (tertiary/aromatic N) is 2. The van der Waals surface area contributed by atoms with Gasteiger partial charge in [0.05, 0.1) is 4.92 Å². The number of ether oxygens (including phenoxy) is 1. The van der Waals surface area contributed by atoms with Crippen LogP contribution in [-0.4, -0.2) is 40.4 Å². The molecule has 7 nitrogen and oxygen atoms in total. The molecule has 1 aromatic heterocycles. The maximum atomic E-state index is 12.2. The zero-order valence-electron chi connectivity index (χ0n) is 14.5. The van der Waals surface area contributed by atoms with Gasteiger partial charge < -0.3 is 9.64 Å². The molecule has 0 saturated carbocycles. The maximum Gasteiger partial charge on any atom is 0.348 e. The van der Waals surface area contributed by atoms with E-state index in [0.717, 1.165) is 4.70 Å². The summed E-state index contributed by atoms with van der Waals surface area (Å²) >= 11 is 1.18. The third-order valence-electron chi connectivity index (χ3n) is 3.64. The van der Waals surface area contributed by atoms with Crippen LogP contribution in [0.3, 0.4) is 0 Å². The summed E-state index contributed by atoms with van der Waals surface area (Å²) in [5.74, 6) is -0.861. The second-order valence-corrected chi connectivity index (χ2v) is 7.24. The number of fused-ring (bicyclic) bond motifs is 1. The summed E-state index contributed by atoms with van der Waals surface area (Å²) in [6.07, 6.45) is 0. The van der Waals surface area contributed by atoms with E-state index in [9.17, 15) is 19.7 Å². The van der Waals surface area contributed by atoms with Crippen molar-refractivity contribution in [2.45, 2.75) is 39.8 Å². The van der Waals surface area contributed by atoms with Crippen molar-refractivity contribution in [3.05, 3.63) is 39.3 Å². The summed E-state index contributed by atoms with van der Waals surface area (Å²) in [6.45, 7) is 7.28. The smallest absolute Gasteiger partial charge is 0.348 e. The van der Waals surface area contributed by atoms with Gasteiger partial charge in [0.15, 0.2) is 6.61 Å². The van der Waals surface area contributed by atoms with Gasteiger partial charge in [-0.05, 0) is 39.8 Å². The molecule has 0 aliphatic rings. The van der Waals surface area contributed by atoms with Crippen molar-refractivity contribution in [2.24, 2.45) is 0 Å². The Morgan fingerprint density at radius 2 is 1.84 bits per heavy atom. The number of carbonyl (C=O) groups is 2. The fourth-order valence-corrected chi connectivity index (χ4v) is 3.63. The second kappa shape index (κ2) is 7.60. The molecule has 0 N–H and O–H groups in total. The number of rotatable bonds is 6. The van der Waals surface area contributed by atoms with Crippen molar-refractivity contribution in [3.63, 3.8) is 0 Å². The molecule has 8 heteroatoms. The summed E-state index contributed by atoms with van der Waals surface area (Å²) in [4.78, 5) is 36.7.